The first kappa shape index (κ1) is 22.7. The molecule has 11 heteroatoms. The molecule has 28 heavy (non-hydrogen) atoms. The third kappa shape index (κ3) is 4.85. The van der Waals surface area contributed by atoms with E-state index in [0.29, 0.717) is 10.9 Å². The van der Waals surface area contributed by atoms with Crippen molar-refractivity contribution in [1.82, 2.24) is 4.90 Å². The molecule has 154 valence electrons. The predicted molar refractivity (Wildman–Crippen MR) is 110 cm³/mol. The number of likely N-dealkylation sites (tertiary alicyclic amines) is 1. The summed E-state index contributed by atoms with van der Waals surface area (Å²) in [5.74, 6) is -2.24. The first-order chi connectivity index (χ1) is 13.1. The molecule has 1 aromatic carbocycles. The Bertz CT molecular complexity index is 796. The van der Waals surface area contributed by atoms with Crippen molar-refractivity contribution in [3.8, 4) is 5.75 Å². The van der Waals surface area contributed by atoms with Crippen LogP contribution in [-0.4, -0.2) is 47.6 Å². The van der Waals surface area contributed by atoms with E-state index < -0.39 is 35.4 Å². The fourth-order valence-corrected chi connectivity index (χ4v) is 3.66. The lowest BCUT2D eigenvalue weighted by Gasteiger charge is -2.27. The van der Waals surface area contributed by atoms with Crippen LogP contribution in [0.25, 0.3) is 0 Å². The second-order valence-electron chi connectivity index (χ2n) is 6.38. The number of hydrogen-bond donors (Lipinski definition) is 2. The minimum absolute atomic E-state index is 0.0516. The monoisotopic (exact) mass is 571 g/mol. The molecule has 1 aliphatic heterocycles. The van der Waals surface area contributed by atoms with Crippen molar-refractivity contribution in [2.45, 2.75) is 37.8 Å². The highest BCUT2D eigenvalue weighted by molar-refractivity contribution is 14.1. The number of ether oxygens (including phenoxy) is 2. The molecule has 1 saturated heterocycles. The van der Waals surface area contributed by atoms with Crippen LogP contribution in [0.1, 0.15) is 26.2 Å². The average Bonchev–Trinajstić information content (AvgIpc) is 3.01. The molecule has 1 fully saturated rings. The van der Waals surface area contributed by atoms with Gasteiger partial charge in [0.2, 0.25) is 11.5 Å². The summed E-state index contributed by atoms with van der Waals surface area (Å²) in [4.78, 5) is 37.6. The summed E-state index contributed by atoms with van der Waals surface area (Å²) in [7, 11) is 0. The van der Waals surface area contributed by atoms with E-state index in [1.165, 1.54) is 12.1 Å². The molecule has 0 radical (unpaired) electrons. The SMILES string of the molecule is CCCCOC(=O)N1C[C@@](Oc2cc(Br)cc(F)c2I)(C(N)=O)C[C@H]1C(N)=O. The molecule has 0 saturated carbocycles. The Morgan fingerprint density at radius 2 is 2.07 bits per heavy atom. The third-order valence-electron chi connectivity index (χ3n) is 4.33. The molecular formula is C17H20BrFIN3O5. The maximum absolute atomic E-state index is 14.0. The van der Waals surface area contributed by atoms with Crippen molar-refractivity contribution in [2.75, 3.05) is 13.2 Å². The van der Waals surface area contributed by atoms with Gasteiger partial charge in [-0.3, -0.25) is 14.5 Å². The lowest BCUT2D eigenvalue weighted by Crippen LogP contribution is -2.51. The van der Waals surface area contributed by atoms with Crippen molar-refractivity contribution in [2.24, 2.45) is 11.5 Å². The number of carbonyl (C=O) groups excluding carboxylic acids is 3. The first-order valence-electron chi connectivity index (χ1n) is 8.47. The number of unbranched alkanes of at least 4 members (excludes halogenated alkanes) is 1. The molecule has 2 atom stereocenters. The maximum atomic E-state index is 14.0. The summed E-state index contributed by atoms with van der Waals surface area (Å²) in [6.45, 7) is 1.75. The van der Waals surface area contributed by atoms with Gasteiger partial charge >= 0.3 is 6.09 Å². The van der Waals surface area contributed by atoms with Crippen molar-refractivity contribution < 1.29 is 28.2 Å². The molecule has 0 bridgehead atoms. The molecule has 2 rings (SSSR count). The summed E-state index contributed by atoms with van der Waals surface area (Å²) in [5.41, 5.74) is 9.21. The number of halogens is 3. The standard InChI is InChI=1S/C17H20BrFIN3O5/c1-2-3-4-27-16(26)23-8-17(15(22)25,7-11(23)14(21)24)28-12-6-9(18)5-10(19)13(12)20/h5-6,11H,2-4,7-8H2,1H3,(H2,21,24)(H2,22,25)/t11-,17+/m0/s1. The molecule has 0 unspecified atom stereocenters. The largest absolute Gasteiger partial charge is 0.474 e. The highest BCUT2D eigenvalue weighted by Crippen LogP contribution is 2.36. The fraction of sp³-hybridized carbons (Fsp3) is 0.471. The molecular weight excluding hydrogens is 552 g/mol. The number of hydrogen-bond acceptors (Lipinski definition) is 5. The number of nitrogens with zero attached hydrogens (tertiary/aromatic N) is 1. The van der Waals surface area contributed by atoms with Crippen molar-refractivity contribution in [3.63, 3.8) is 0 Å². The normalized spacial score (nSPS) is 21.4. The van der Waals surface area contributed by atoms with E-state index >= 15 is 0 Å². The van der Waals surface area contributed by atoms with Gasteiger partial charge in [-0.05, 0) is 41.1 Å². The average molecular weight is 572 g/mol. The van der Waals surface area contributed by atoms with Crippen LogP contribution in [-0.2, 0) is 14.3 Å². The highest BCUT2D eigenvalue weighted by Gasteiger charge is 2.55. The van der Waals surface area contributed by atoms with E-state index in [-0.39, 0.29) is 28.9 Å². The van der Waals surface area contributed by atoms with Gasteiger partial charge in [0, 0.05) is 10.9 Å². The van der Waals surface area contributed by atoms with E-state index in [4.69, 9.17) is 20.9 Å². The Balaban J connectivity index is 2.35. The van der Waals surface area contributed by atoms with E-state index in [1.807, 2.05) is 6.92 Å². The van der Waals surface area contributed by atoms with Crippen molar-refractivity contribution >= 4 is 56.4 Å². The van der Waals surface area contributed by atoms with E-state index in [1.54, 1.807) is 22.6 Å². The van der Waals surface area contributed by atoms with Crippen LogP contribution in [0, 0.1) is 9.39 Å². The molecule has 1 aromatic rings. The van der Waals surface area contributed by atoms with Crippen molar-refractivity contribution in [1.29, 1.82) is 0 Å². The lowest BCUT2D eigenvalue weighted by molar-refractivity contribution is -0.132. The lowest BCUT2D eigenvalue weighted by atomic mass is 9.98. The van der Waals surface area contributed by atoms with Gasteiger partial charge in [-0.1, -0.05) is 29.3 Å². The Labute approximate surface area is 183 Å². The maximum Gasteiger partial charge on any atom is 0.410 e. The smallest absolute Gasteiger partial charge is 0.410 e. The van der Waals surface area contributed by atoms with Crippen LogP contribution in [0.15, 0.2) is 16.6 Å². The van der Waals surface area contributed by atoms with Crippen LogP contribution in [0.4, 0.5) is 9.18 Å². The molecule has 3 amide bonds. The Kier molecular flexibility index (Phi) is 7.48. The molecule has 0 spiro atoms. The van der Waals surface area contributed by atoms with Crippen LogP contribution in [0.2, 0.25) is 0 Å². The van der Waals surface area contributed by atoms with E-state index in [9.17, 15) is 18.8 Å². The molecule has 0 aromatic heterocycles. The van der Waals surface area contributed by atoms with Gasteiger partial charge in [-0.2, -0.15) is 0 Å². The summed E-state index contributed by atoms with van der Waals surface area (Å²) >= 11 is 4.89. The van der Waals surface area contributed by atoms with E-state index in [2.05, 4.69) is 15.9 Å². The van der Waals surface area contributed by atoms with Gasteiger partial charge in [-0.25, -0.2) is 9.18 Å². The zero-order chi connectivity index (χ0) is 21.1. The minimum Gasteiger partial charge on any atom is -0.474 e. The number of benzene rings is 1. The Hall–Kier alpha value is -1.63. The predicted octanol–water partition coefficient (Wildman–Crippen LogP) is 2.29. The molecule has 1 aliphatic rings. The van der Waals surface area contributed by atoms with Crippen LogP contribution < -0.4 is 16.2 Å². The summed E-state index contributed by atoms with van der Waals surface area (Å²) in [6, 6.07) is 1.57. The molecule has 0 aliphatic carbocycles. The van der Waals surface area contributed by atoms with Crippen LogP contribution in [0.3, 0.4) is 0 Å². The Morgan fingerprint density at radius 3 is 2.64 bits per heavy atom. The van der Waals surface area contributed by atoms with Crippen LogP contribution in [0.5, 0.6) is 5.75 Å². The Morgan fingerprint density at radius 1 is 1.39 bits per heavy atom. The quantitative estimate of drug-likeness (QED) is 0.295. The molecule has 8 nitrogen and oxygen atoms in total. The second-order valence-corrected chi connectivity index (χ2v) is 8.37. The number of amides is 3. The minimum atomic E-state index is -1.75. The fourth-order valence-electron chi connectivity index (χ4n) is 2.83. The van der Waals surface area contributed by atoms with Crippen LogP contribution >= 0.6 is 38.5 Å². The molecule has 4 N–H and O–H groups in total. The zero-order valence-corrected chi connectivity index (χ0v) is 18.8. The highest BCUT2D eigenvalue weighted by atomic mass is 127. The van der Waals surface area contributed by atoms with Crippen molar-refractivity contribution in [3.05, 3.63) is 26.0 Å². The second kappa shape index (κ2) is 9.25. The van der Waals surface area contributed by atoms with Gasteiger partial charge in [0.1, 0.15) is 17.6 Å². The van der Waals surface area contributed by atoms with E-state index in [0.717, 1.165) is 11.3 Å². The number of primary amides is 2. The first-order valence-corrected chi connectivity index (χ1v) is 10.3. The summed E-state index contributed by atoms with van der Waals surface area (Å²) in [6.07, 6.45) is 0.408. The van der Waals surface area contributed by atoms with Gasteiger partial charge in [0.05, 0.1) is 16.7 Å². The summed E-state index contributed by atoms with van der Waals surface area (Å²) < 4.78 is 25.5. The zero-order valence-electron chi connectivity index (χ0n) is 15.0. The topological polar surface area (TPSA) is 125 Å². The number of carbonyl (C=O) groups is 3. The number of rotatable bonds is 7. The van der Waals surface area contributed by atoms with Gasteiger partial charge in [-0.15, -0.1) is 0 Å². The summed E-state index contributed by atoms with van der Waals surface area (Å²) in [5, 5.41) is 0. The molecule has 1 heterocycles. The third-order valence-corrected chi connectivity index (χ3v) is 5.83. The number of nitrogens with two attached hydrogens (primary N) is 2. The van der Waals surface area contributed by atoms with Gasteiger partial charge in [0.15, 0.2) is 0 Å². The van der Waals surface area contributed by atoms with Gasteiger partial charge < -0.3 is 20.9 Å². The van der Waals surface area contributed by atoms with Gasteiger partial charge in [0.25, 0.3) is 5.91 Å².